The predicted octanol–water partition coefficient (Wildman–Crippen LogP) is 5.39. The monoisotopic (exact) mass is 555 g/mol. The summed E-state index contributed by atoms with van der Waals surface area (Å²) in [4.78, 5) is 13.9. The minimum Gasteiger partial charge on any atom is -0.462 e. The molecule has 0 radical (unpaired) electrons. The molecular formula is C32H45NO7. The Kier molecular flexibility index (Phi) is 8.44. The highest BCUT2D eigenvalue weighted by atomic mass is 16.7. The molecule has 0 aromatic rings. The molecule has 3 fully saturated rings. The Hall–Kier alpha value is -2.26. The third-order valence-electron chi connectivity index (χ3n) is 9.45. The van der Waals surface area contributed by atoms with E-state index in [1.165, 1.54) is 5.57 Å². The van der Waals surface area contributed by atoms with E-state index in [0.717, 1.165) is 32.1 Å². The number of hydrogen-bond acceptors (Lipinski definition) is 8. The maximum atomic E-state index is 13.9. The number of rotatable bonds is 1. The number of aliphatic hydroxyl groups is 1. The molecule has 4 aliphatic heterocycles. The van der Waals surface area contributed by atoms with Gasteiger partial charge in [-0.05, 0) is 62.5 Å². The van der Waals surface area contributed by atoms with E-state index in [9.17, 15) is 15.1 Å². The van der Waals surface area contributed by atoms with Crippen LogP contribution < -0.4 is 0 Å². The number of allylic oxidation sites excluding steroid dienone is 4. The van der Waals surface area contributed by atoms with Crippen molar-refractivity contribution in [1.82, 2.24) is 0 Å². The minimum atomic E-state index is -1.72. The van der Waals surface area contributed by atoms with Gasteiger partial charge in [0.2, 0.25) is 0 Å². The van der Waals surface area contributed by atoms with Crippen LogP contribution in [0.3, 0.4) is 0 Å². The SMILES string of the molecule is CC[C@H]1O[C@]2(CC[C@@H]1C)C[C@@H]1C[C@@H](CC=C(C)C[C@@H](C)C=CC=C3CO[C@@H]4C(=NO)C(C)=C[C@@H](C(=O)O1)[C@]34O)O2. The van der Waals surface area contributed by atoms with Gasteiger partial charge in [-0.2, -0.15) is 0 Å². The normalized spacial score (nSPS) is 43.5. The molecule has 0 amide bonds. The lowest BCUT2D eigenvalue weighted by molar-refractivity contribution is -0.335. The Labute approximate surface area is 237 Å². The molecule has 2 bridgehead atoms. The largest absolute Gasteiger partial charge is 0.462 e. The van der Waals surface area contributed by atoms with Crippen molar-refractivity contribution in [2.45, 2.75) is 115 Å². The molecule has 5 aliphatic rings. The van der Waals surface area contributed by atoms with Crippen LogP contribution >= 0.6 is 0 Å². The van der Waals surface area contributed by atoms with Crippen molar-refractivity contribution in [3.63, 3.8) is 0 Å². The van der Waals surface area contributed by atoms with Crippen LogP contribution in [0, 0.1) is 17.8 Å². The molecule has 4 heterocycles. The molecule has 3 saturated heterocycles. The van der Waals surface area contributed by atoms with E-state index >= 15 is 0 Å². The van der Waals surface area contributed by atoms with Gasteiger partial charge < -0.3 is 29.3 Å². The average molecular weight is 556 g/mol. The lowest BCUT2D eigenvalue weighted by Gasteiger charge is -2.49. The summed E-state index contributed by atoms with van der Waals surface area (Å²) < 4.78 is 25.5. The van der Waals surface area contributed by atoms with Crippen molar-refractivity contribution in [3.8, 4) is 0 Å². The average Bonchev–Trinajstić information content (AvgIpc) is 3.24. The van der Waals surface area contributed by atoms with Crippen LogP contribution in [0.4, 0.5) is 0 Å². The fraction of sp³-hybridized carbons (Fsp3) is 0.688. The number of fused-ring (bicyclic) bond motifs is 2. The fourth-order valence-electron chi connectivity index (χ4n) is 7.22. The van der Waals surface area contributed by atoms with E-state index in [2.05, 4.69) is 45.0 Å². The first-order valence-electron chi connectivity index (χ1n) is 14.9. The van der Waals surface area contributed by atoms with E-state index in [1.807, 2.05) is 12.2 Å². The van der Waals surface area contributed by atoms with Gasteiger partial charge in [0, 0.05) is 19.3 Å². The Bertz CT molecular complexity index is 1140. The highest BCUT2D eigenvalue weighted by Gasteiger charge is 2.59. The van der Waals surface area contributed by atoms with E-state index in [0.29, 0.717) is 29.9 Å². The van der Waals surface area contributed by atoms with Gasteiger partial charge in [0.25, 0.3) is 0 Å². The zero-order chi connectivity index (χ0) is 28.7. The van der Waals surface area contributed by atoms with Crippen LogP contribution in [0.2, 0.25) is 0 Å². The van der Waals surface area contributed by atoms with Gasteiger partial charge in [-0.3, -0.25) is 4.79 Å². The Balaban J connectivity index is 1.53. The molecular weight excluding hydrogens is 510 g/mol. The number of hydrogen-bond donors (Lipinski definition) is 2. The zero-order valence-corrected chi connectivity index (χ0v) is 24.5. The molecule has 8 heteroatoms. The molecule has 0 saturated carbocycles. The van der Waals surface area contributed by atoms with Crippen LogP contribution in [-0.2, 0) is 23.7 Å². The lowest BCUT2D eigenvalue weighted by Crippen LogP contribution is -2.57. The highest BCUT2D eigenvalue weighted by Crippen LogP contribution is 2.46. The van der Waals surface area contributed by atoms with Gasteiger partial charge in [-0.1, -0.05) is 61.9 Å². The minimum absolute atomic E-state index is 0.0940. The molecule has 1 spiro atoms. The lowest BCUT2D eigenvalue weighted by atomic mass is 9.71. The van der Waals surface area contributed by atoms with Crippen molar-refractivity contribution in [2.24, 2.45) is 22.9 Å². The van der Waals surface area contributed by atoms with Gasteiger partial charge >= 0.3 is 5.97 Å². The molecule has 8 nitrogen and oxygen atoms in total. The first-order valence-corrected chi connectivity index (χ1v) is 14.9. The number of nitrogens with zero attached hydrogens (tertiary/aromatic N) is 1. The third kappa shape index (κ3) is 5.48. The standard InChI is InChI=1S/C32H45NO7/c1-6-27-21(4)12-13-31(40-27)17-25-16-24(39-31)11-10-20(3)14-19(2)8-7-9-23-18-37-29-28(33-36)22(5)15-26(30(34)38-25)32(23,29)35/h7-10,15,19,21,24-27,29,35-36H,6,11-14,16-18H2,1-5H3/t19-,21-,24+,25-,26-,27+,29+,31+,32+/m0/s1. The topological polar surface area (TPSA) is 107 Å². The van der Waals surface area contributed by atoms with Crippen LogP contribution in [0.5, 0.6) is 0 Å². The maximum Gasteiger partial charge on any atom is 0.316 e. The summed E-state index contributed by atoms with van der Waals surface area (Å²) in [6.45, 7) is 10.5. The van der Waals surface area contributed by atoms with E-state index in [-0.39, 0.29) is 30.4 Å². The quantitative estimate of drug-likeness (QED) is 0.193. The number of esters is 1. The van der Waals surface area contributed by atoms with Gasteiger partial charge in [0.15, 0.2) is 5.79 Å². The van der Waals surface area contributed by atoms with Gasteiger partial charge in [-0.15, -0.1) is 0 Å². The maximum absolute atomic E-state index is 13.9. The van der Waals surface area contributed by atoms with Gasteiger partial charge in [0.1, 0.15) is 29.4 Å². The van der Waals surface area contributed by atoms with E-state index in [4.69, 9.17) is 18.9 Å². The third-order valence-corrected chi connectivity index (χ3v) is 9.45. The Morgan fingerprint density at radius 3 is 2.73 bits per heavy atom. The van der Waals surface area contributed by atoms with E-state index in [1.54, 1.807) is 13.0 Å². The molecule has 0 aromatic carbocycles. The summed E-state index contributed by atoms with van der Waals surface area (Å²) in [5, 5.41) is 25.3. The smallest absolute Gasteiger partial charge is 0.316 e. The Morgan fingerprint density at radius 2 is 1.98 bits per heavy atom. The molecule has 1 aliphatic carbocycles. The predicted molar refractivity (Wildman–Crippen MR) is 151 cm³/mol. The second kappa shape index (κ2) is 11.6. The van der Waals surface area contributed by atoms with E-state index < -0.39 is 35.5 Å². The molecule has 0 unspecified atom stereocenters. The molecule has 5 rings (SSSR count). The van der Waals surface area contributed by atoms with Crippen LogP contribution in [0.15, 0.2) is 52.3 Å². The number of ether oxygens (including phenoxy) is 4. The number of carbonyl (C=O) groups is 1. The first-order chi connectivity index (χ1) is 19.1. The van der Waals surface area contributed by atoms with Crippen molar-refractivity contribution in [3.05, 3.63) is 47.1 Å². The summed E-state index contributed by atoms with van der Waals surface area (Å²) in [5.41, 5.74) is 0.922. The van der Waals surface area contributed by atoms with Crippen LogP contribution in [0.1, 0.15) is 79.6 Å². The van der Waals surface area contributed by atoms with Gasteiger partial charge in [0.05, 0.1) is 18.8 Å². The summed E-state index contributed by atoms with van der Waals surface area (Å²) >= 11 is 0. The first kappa shape index (κ1) is 29.2. The number of carbonyl (C=O) groups excluding carboxylic acids is 1. The second-order valence-corrected chi connectivity index (χ2v) is 12.6. The molecule has 220 valence electrons. The fourth-order valence-corrected chi connectivity index (χ4v) is 7.22. The van der Waals surface area contributed by atoms with Crippen LogP contribution in [0.25, 0.3) is 0 Å². The van der Waals surface area contributed by atoms with Crippen LogP contribution in [-0.4, -0.2) is 64.4 Å². The van der Waals surface area contributed by atoms with Gasteiger partial charge in [-0.25, -0.2) is 0 Å². The zero-order valence-electron chi connectivity index (χ0n) is 24.5. The van der Waals surface area contributed by atoms with Crippen molar-refractivity contribution < 1.29 is 34.1 Å². The molecule has 2 N–H and O–H groups in total. The van der Waals surface area contributed by atoms with Crippen molar-refractivity contribution >= 4 is 11.7 Å². The molecule has 9 atom stereocenters. The summed E-state index contributed by atoms with van der Waals surface area (Å²) in [5.74, 6) is -1.60. The summed E-state index contributed by atoms with van der Waals surface area (Å²) in [6, 6.07) is 0. The summed E-state index contributed by atoms with van der Waals surface area (Å²) in [6.07, 6.45) is 13.6. The second-order valence-electron chi connectivity index (χ2n) is 12.6. The molecule has 40 heavy (non-hydrogen) atoms. The Morgan fingerprint density at radius 1 is 1.18 bits per heavy atom. The summed E-state index contributed by atoms with van der Waals surface area (Å²) in [7, 11) is 0. The molecule has 0 aromatic heterocycles. The van der Waals surface area contributed by atoms with Crippen molar-refractivity contribution in [1.29, 1.82) is 0 Å². The highest BCUT2D eigenvalue weighted by molar-refractivity contribution is 6.06. The van der Waals surface area contributed by atoms with Crippen molar-refractivity contribution in [2.75, 3.05) is 6.61 Å². The number of oxime groups is 1.